The van der Waals surface area contributed by atoms with Crippen molar-refractivity contribution in [3.63, 3.8) is 0 Å². The van der Waals surface area contributed by atoms with Crippen molar-refractivity contribution in [1.82, 2.24) is 15.8 Å². The zero-order valence-electron chi connectivity index (χ0n) is 21.1. The molecule has 37 heavy (non-hydrogen) atoms. The van der Waals surface area contributed by atoms with Gasteiger partial charge in [-0.3, -0.25) is 15.1 Å². The van der Waals surface area contributed by atoms with E-state index in [4.69, 9.17) is 24.3 Å². The molecule has 2 aliphatic rings. The van der Waals surface area contributed by atoms with E-state index in [1.165, 1.54) is 0 Å². The number of amides is 1. The first-order valence-corrected chi connectivity index (χ1v) is 12.8. The van der Waals surface area contributed by atoms with E-state index in [-0.39, 0.29) is 12.5 Å². The summed E-state index contributed by atoms with van der Waals surface area (Å²) in [6.45, 7) is 9.07. The predicted octanol–water partition coefficient (Wildman–Crippen LogP) is 2.23. The SMILES string of the molecule is C=CC[C@]1(C(=O)NNCCN2CCOCC2)N=C(c2ccc(OCCCO)cc2)O[C@H]1c1ccccc1. The third-order valence-electron chi connectivity index (χ3n) is 6.45. The number of carbonyl (C=O) groups excluding carboxylic acids is 1. The summed E-state index contributed by atoms with van der Waals surface area (Å²) in [4.78, 5) is 20.9. The minimum atomic E-state index is -1.22. The van der Waals surface area contributed by atoms with E-state index in [1.54, 1.807) is 6.08 Å². The fourth-order valence-electron chi connectivity index (χ4n) is 4.45. The Morgan fingerprint density at radius 1 is 1.19 bits per heavy atom. The first-order chi connectivity index (χ1) is 18.2. The normalized spacial score (nSPS) is 21.6. The monoisotopic (exact) mass is 508 g/mol. The zero-order valence-corrected chi connectivity index (χ0v) is 21.1. The van der Waals surface area contributed by atoms with Crippen LogP contribution in [0.15, 0.2) is 72.2 Å². The molecule has 2 atom stereocenters. The molecule has 198 valence electrons. The summed E-state index contributed by atoms with van der Waals surface area (Å²) in [5.41, 5.74) is 6.33. The van der Waals surface area contributed by atoms with Crippen molar-refractivity contribution in [2.75, 3.05) is 52.6 Å². The maximum atomic E-state index is 13.7. The summed E-state index contributed by atoms with van der Waals surface area (Å²) in [5, 5.41) is 8.95. The first kappa shape index (κ1) is 26.8. The number of aliphatic hydroxyl groups excluding tert-OH is 1. The van der Waals surface area contributed by atoms with Gasteiger partial charge >= 0.3 is 0 Å². The van der Waals surface area contributed by atoms with Gasteiger partial charge in [0.25, 0.3) is 5.91 Å². The molecule has 3 N–H and O–H groups in total. The number of nitrogens with one attached hydrogen (secondary N) is 2. The van der Waals surface area contributed by atoms with Crippen molar-refractivity contribution in [1.29, 1.82) is 0 Å². The van der Waals surface area contributed by atoms with Crippen LogP contribution in [0.5, 0.6) is 5.75 Å². The van der Waals surface area contributed by atoms with Gasteiger partial charge in [-0.15, -0.1) is 6.58 Å². The lowest BCUT2D eigenvalue weighted by atomic mass is 9.84. The molecule has 0 saturated carbocycles. The Labute approximate surface area is 218 Å². The molecular weight excluding hydrogens is 472 g/mol. The summed E-state index contributed by atoms with van der Waals surface area (Å²) in [5.74, 6) is 0.804. The minimum Gasteiger partial charge on any atom is -0.494 e. The largest absolute Gasteiger partial charge is 0.494 e. The fourth-order valence-corrected chi connectivity index (χ4v) is 4.45. The molecule has 2 heterocycles. The maximum Gasteiger partial charge on any atom is 0.266 e. The number of benzene rings is 2. The summed E-state index contributed by atoms with van der Waals surface area (Å²) < 4.78 is 17.4. The zero-order chi connectivity index (χ0) is 25.9. The number of hydrogen-bond donors (Lipinski definition) is 3. The number of aliphatic hydroxyl groups is 1. The molecule has 1 fully saturated rings. The van der Waals surface area contributed by atoms with Gasteiger partial charge in [0.2, 0.25) is 5.90 Å². The summed E-state index contributed by atoms with van der Waals surface area (Å²) in [6.07, 6.45) is 1.95. The van der Waals surface area contributed by atoms with Gasteiger partial charge in [0.1, 0.15) is 5.75 Å². The van der Waals surface area contributed by atoms with E-state index in [0.717, 1.165) is 44.0 Å². The first-order valence-electron chi connectivity index (χ1n) is 12.8. The van der Waals surface area contributed by atoms with Gasteiger partial charge < -0.3 is 19.3 Å². The van der Waals surface area contributed by atoms with Crippen LogP contribution in [0.1, 0.15) is 30.1 Å². The molecule has 0 unspecified atom stereocenters. The van der Waals surface area contributed by atoms with Crippen LogP contribution in [-0.4, -0.2) is 80.0 Å². The van der Waals surface area contributed by atoms with Crippen LogP contribution in [0.25, 0.3) is 0 Å². The van der Waals surface area contributed by atoms with Gasteiger partial charge in [-0.1, -0.05) is 36.4 Å². The van der Waals surface area contributed by atoms with Crippen molar-refractivity contribution in [2.24, 2.45) is 4.99 Å². The number of hydrogen-bond acceptors (Lipinski definition) is 8. The molecule has 0 bridgehead atoms. The number of carbonyl (C=O) groups is 1. The van der Waals surface area contributed by atoms with Gasteiger partial charge in [0.05, 0.1) is 19.8 Å². The molecule has 9 heteroatoms. The van der Waals surface area contributed by atoms with Crippen LogP contribution in [0.2, 0.25) is 0 Å². The van der Waals surface area contributed by atoms with Crippen molar-refractivity contribution >= 4 is 11.8 Å². The Bertz CT molecular complexity index is 1040. The Kier molecular flexibility index (Phi) is 9.67. The van der Waals surface area contributed by atoms with Gasteiger partial charge in [-0.05, 0) is 29.8 Å². The van der Waals surface area contributed by atoms with Crippen LogP contribution in [-0.2, 0) is 14.3 Å². The van der Waals surface area contributed by atoms with Crippen LogP contribution in [0.3, 0.4) is 0 Å². The maximum absolute atomic E-state index is 13.7. The lowest BCUT2D eigenvalue weighted by Gasteiger charge is -2.30. The van der Waals surface area contributed by atoms with Crippen molar-refractivity contribution in [3.05, 3.63) is 78.4 Å². The summed E-state index contributed by atoms with van der Waals surface area (Å²) in [7, 11) is 0. The van der Waals surface area contributed by atoms with Gasteiger partial charge in [0.15, 0.2) is 11.6 Å². The van der Waals surface area contributed by atoms with Crippen LogP contribution < -0.4 is 15.6 Å². The molecule has 2 aliphatic heterocycles. The van der Waals surface area contributed by atoms with Crippen LogP contribution in [0.4, 0.5) is 0 Å². The van der Waals surface area contributed by atoms with E-state index in [2.05, 4.69) is 22.3 Å². The minimum absolute atomic E-state index is 0.0825. The van der Waals surface area contributed by atoms with Crippen molar-refractivity contribution in [2.45, 2.75) is 24.5 Å². The third-order valence-corrected chi connectivity index (χ3v) is 6.45. The Hall–Kier alpha value is -3.24. The molecule has 9 nitrogen and oxygen atoms in total. The number of morpholine rings is 1. The topological polar surface area (TPSA) is 105 Å². The highest BCUT2D eigenvalue weighted by Gasteiger charge is 2.52. The molecule has 0 spiro atoms. The second-order valence-corrected chi connectivity index (χ2v) is 9.03. The van der Waals surface area contributed by atoms with Gasteiger partial charge in [0, 0.05) is 51.2 Å². The number of ether oxygens (including phenoxy) is 3. The molecule has 0 aromatic heterocycles. The Morgan fingerprint density at radius 3 is 2.65 bits per heavy atom. The van der Waals surface area contributed by atoms with Crippen LogP contribution >= 0.6 is 0 Å². The second-order valence-electron chi connectivity index (χ2n) is 9.03. The molecule has 1 saturated heterocycles. The average molecular weight is 509 g/mol. The number of rotatable bonds is 13. The predicted molar refractivity (Wildman–Crippen MR) is 141 cm³/mol. The summed E-state index contributed by atoms with van der Waals surface area (Å²) >= 11 is 0. The van der Waals surface area contributed by atoms with Crippen LogP contribution in [0, 0.1) is 0 Å². The summed E-state index contributed by atoms with van der Waals surface area (Å²) in [6, 6.07) is 17.0. The van der Waals surface area contributed by atoms with Crippen molar-refractivity contribution in [3.8, 4) is 5.75 Å². The number of nitrogens with zero attached hydrogens (tertiary/aromatic N) is 2. The second kappa shape index (κ2) is 13.3. The Balaban J connectivity index is 1.52. The highest BCUT2D eigenvalue weighted by molar-refractivity contribution is 6.01. The van der Waals surface area contributed by atoms with Gasteiger partial charge in [-0.2, -0.15) is 0 Å². The highest BCUT2D eigenvalue weighted by atomic mass is 16.5. The molecular formula is C28H36N4O5. The lowest BCUT2D eigenvalue weighted by molar-refractivity contribution is -0.129. The van der Waals surface area contributed by atoms with E-state index < -0.39 is 11.6 Å². The quantitative estimate of drug-likeness (QED) is 0.217. The molecule has 2 aromatic rings. The molecule has 1 amide bonds. The third kappa shape index (κ3) is 6.75. The smallest absolute Gasteiger partial charge is 0.266 e. The fraction of sp³-hybridized carbons (Fsp3) is 0.429. The molecule has 4 rings (SSSR count). The van der Waals surface area contributed by atoms with Gasteiger partial charge in [-0.25, -0.2) is 10.4 Å². The van der Waals surface area contributed by atoms with E-state index >= 15 is 0 Å². The van der Waals surface area contributed by atoms with E-state index in [9.17, 15) is 4.79 Å². The molecule has 0 aliphatic carbocycles. The van der Waals surface area contributed by atoms with E-state index in [0.29, 0.717) is 37.6 Å². The lowest BCUT2D eigenvalue weighted by Crippen LogP contribution is -2.53. The average Bonchev–Trinajstić information content (AvgIpc) is 3.33. The number of hydrazine groups is 1. The molecule has 2 aromatic carbocycles. The van der Waals surface area contributed by atoms with E-state index in [1.807, 2.05) is 54.6 Å². The standard InChI is InChI=1S/C28H36N4O5/c1-2-13-28(27(34)31-29-14-15-32-16-20-35-21-17-32)25(22-7-4-3-5-8-22)37-26(30-28)23-9-11-24(12-10-23)36-19-6-18-33/h2-5,7-12,25,29,33H,1,6,13-21H2,(H,31,34)/t25-,28-/m0/s1. The van der Waals surface area contributed by atoms with Crippen molar-refractivity contribution < 1.29 is 24.1 Å². The number of aliphatic imine (C=N–C) groups is 1. The Morgan fingerprint density at radius 2 is 1.95 bits per heavy atom. The molecule has 0 radical (unpaired) electrons. The highest BCUT2D eigenvalue weighted by Crippen LogP contribution is 2.42.